The van der Waals surface area contributed by atoms with E-state index in [4.69, 9.17) is 5.73 Å². The van der Waals surface area contributed by atoms with E-state index in [-0.39, 0.29) is 0 Å². The van der Waals surface area contributed by atoms with Crippen LogP contribution >= 0.6 is 0 Å². The van der Waals surface area contributed by atoms with Crippen molar-refractivity contribution in [2.45, 2.75) is 97.8 Å². The fourth-order valence-electron chi connectivity index (χ4n) is 8.88. The molecule has 0 spiro atoms. The summed E-state index contributed by atoms with van der Waals surface area (Å²) in [6.45, 7) is 11.8. The molecule has 4 saturated carbocycles. The molecule has 8 unspecified atom stereocenters. The molecule has 0 aromatic rings. The summed E-state index contributed by atoms with van der Waals surface area (Å²) in [6, 6.07) is 0. The van der Waals surface area contributed by atoms with Crippen LogP contribution in [0.5, 0.6) is 0 Å². The van der Waals surface area contributed by atoms with Gasteiger partial charge in [0.2, 0.25) is 0 Å². The Kier molecular flexibility index (Phi) is 6.90. The standard InChI is InChI=1S/C25H43N.CH5N/c1-17(8-9-18(2)26)21-12-13-22-20-11-10-19-7-5-6-15-24(19,3)23(20)14-16-25(21,22)4;1-2/h17,19-23H,2,5-16,26H2,1,3-4H3;2H2,1H3. The third-order valence-electron chi connectivity index (χ3n) is 10.3. The lowest BCUT2D eigenvalue weighted by Gasteiger charge is -2.61. The lowest BCUT2D eigenvalue weighted by atomic mass is 9.44. The van der Waals surface area contributed by atoms with Gasteiger partial charge < -0.3 is 11.5 Å². The van der Waals surface area contributed by atoms with E-state index in [1.165, 1.54) is 71.3 Å². The average molecular weight is 389 g/mol. The van der Waals surface area contributed by atoms with Crippen LogP contribution in [0.2, 0.25) is 0 Å². The van der Waals surface area contributed by atoms with Crippen molar-refractivity contribution in [2.24, 2.45) is 57.8 Å². The molecular formula is C26H48N2. The Morgan fingerprint density at radius 2 is 1.64 bits per heavy atom. The van der Waals surface area contributed by atoms with Crippen molar-refractivity contribution in [3.05, 3.63) is 12.3 Å². The SMILES string of the molecule is C=C(N)CCC(C)C1CCC2C3CCC4CCCCC4(C)C3CCC12C.CN. The van der Waals surface area contributed by atoms with Gasteiger partial charge in [0.1, 0.15) is 0 Å². The minimum absolute atomic E-state index is 0.606. The van der Waals surface area contributed by atoms with Crippen molar-refractivity contribution in [1.82, 2.24) is 0 Å². The lowest BCUT2D eigenvalue weighted by Crippen LogP contribution is -2.53. The Balaban J connectivity index is 0.00000109. The van der Waals surface area contributed by atoms with Gasteiger partial charge >= 0.3 is 0 Å². The zero-order valence-corrected chi connectivity index (χ0v) is 19.3. The number of nitrogens with two attached hydrogens (primary N) is 2. The van der Waals surface area contributed by atoms with Gasteiger partial charge in [0.25, 0.3) is 0 Å². The molecule has 0 radical (unpaired) electrons. The maximum Gasteiger partial charge on any atom is 0.000754 e. The van der Waals surface area contributed by atoms with Gasteiger partial charge in [0, 0.05) is 5.70 Å². The van der Waals surface area contributed by atoms with E-state index in [2.05, 4.69) is 33.1 Å². The van der Waals surface area contributed by atoms with Crippen LogP contribution in [-0.2, 0) is 0 Å². The summed E-state index contributed by atoms with van der Waals surface area (Å²) in [5.74, 6) is 5.86. The number of rotatable bonds is 4. The van der Waals surface area contributed by atoms with E-state index < -0.39 is 0 Å². The molecule has 28 heavy (non-hydrogen) atoms. The molecule has 0 bridgehead atoms. The van der Waals surface area contributed by atoms with Gasteiger partial charge in [-0.1, -0.05) is 40.2 Å². The monoisotopic (exact) mass is 388 g/mol. The summed E-state index contributed by atoms with van der Waals surface area (Å²) in [6.07, 6.45) is 17.4. The summed E-state index contributed by atoms with van der Waals surface area (Å²) in [5.41, 5.74) is 12.5. The summed E-state index contributed by atoms with van der Waals surface area (Å²) < 4.78 is 0. The molecule has 0 aromatic heterocycles. The molecule has 2 nitrogen and oxygen atoms in total. The number of hydrogen-bond donors (Lipinski definition) is 2. The van der Waals surface area contributed by atoms with Crippen LogP contribution in [0, 0.1) is 46.3 Å². The first-order valence-corrected chi connectivity index (χ1v) is 12.4. The van der Waals surface area contributed by atoms with E-state index in [0.29, 0.717) is 10.8 Å². The van der Waals surface area contributed by atoms with Crippen LogP contribution in [0.25, 0.3) is 0 Å². The minimum Gasteiger partial charge on any atom is -0.403 e. The summed E-state index contributed by atoms with van der Waals surface area (Å²) >= 11 is 0. The highest BCUT2D eigenvalue weighted by molar-refractivity contribution is 5.09. The second-order valence-electron chi connectivity index (χ2n) is 11.3. The molecule has 4 rings (SSSR count). The summed E-state index contributed by atoms with van der Waals surface area (Å²) in [4.78, 5) is 0. The van der Waals surface area contributed by atoms with Crippen LogP contribution in [0.4, 0.5) is 0 Å². The minimum atomic E-state index is 0.606. The third-order valence-corrected chi connectivity index (χ3v) is 10.3. The number of allylic oxidation sites excluding steroid dienone is 1. The Morgan fingerprint density at radius 1 is 0.929 bits per heavy atom. The van der Waals surface area contributed by atoms with E-state index >= 15 is 0 Å². The quantitative estimate of drug-likeness (QED) is 0.577. The zero-order valence-electron chi connectivity index (χ0n) is 19.3. The van der Waals surface area contributed by atoms with E-state index in [0.717, 1.165) is 47.6 Å². The molecule has 0 aromatic carbocycles. The first-order valence-electron chi connectivity index (χ1n) is 12.4. The van der Waals surface area contributed by atoms with Crippen molar-refractivity contribution < 1.29 is 0 Å². The predicted octanol–water partition coefficient (Wildman–Crippen LogP) is 6.50. The molecule has 2 heteroatoms. The number of hydrogen-bond acceptors (Lipinski definition) is 2. The van der Waals surface area contributed by atoms with Crippen LogP contribution in [0.1, 0.15) is 97.8 Å². The second kappa shape index (κ2) is 8.70. The first kappa shape index (κ1) is 22.2. The van der Waals surface area contributed by atoms with Crippen molar-refractivity contribution in [3.63, 3.8) is 0 Å². The van der Waals surface area contributed by atoms with E-state index in [1.54, 1.807) is 6.42 Å². The molecule has 0 aliphatic heterocycles. The van der Waals surface area contributed by atoms with Crippen molar-refractivity contribution in [3.8, 4) is 0 Å². The third kappa shape index (κ3) is 3.68. The highest BCUT2D eigenvalue weighted by atomic mass is 14.6. The van der Waals surface area contributed by atoms with Gasteiger partial charge in [0.05, 0.1) is 0 Å². The summed E-state index contributed by atoms with van der Waals surface area (Å²) in [7, 11) is 1.50. The Bertz CT molecular complexity index is 543. The Morgan fingerprint density at radius 3 is 2.36 bits per heavy atom. The molecule has 4 fully saturated rings. The van der Waals surface area contributed by atoms with Gasteiger partial charge in [0.15, 0.2) is 0 Å². The number of fused-ring (bicyclic) bond motifs is 5. The maximum atomic E-state index is 5.87. The molecule has 4 aliphatic carbocycles. The second-order valence-corrected chi connectivity index (χ2v) is 11.3. The van der Waals surface area contributed by atoms with Gasteiger partial charge in [-0.25, -0.2) is 0 Å². The molecule has 8 atom stereocenters. The summed E-state index contributed by atoms with van der Waals surface area (Å²) in [5, 5.41) is 0. The molecule has 162 valence electrons. The van der Waals surface area contributed by atoms with E-state index in [9.17, 15) is 0 Å². The van der Waals surface area contributed by atoms with E-state index in [1.807, 2.05) is 0 Å². The highest BCUT2D eigenvalue weighted by Crippen LogP contribution is 2.68. The molecule has 0 saturated heterocycles. The smallest absolute Gasteiger partial charge is 0.000754 e. The van der Waals surface area contributed by atoms with Gasteiger partial charge in [-0.3, -0.25) is 0 Å². The molecular weight excluding hydrogens is 340 g/mol. The van der Waals surface area contributed by atoms with Crippen LogP contribution < -0.4 is 11.5 Å². The van der Waals surface area contributed by atoms with Crippen molar-refractivity contribution in [1.29, 1.82) is 0 Å². The fraction of sp³-hybridized carbons (Fsp3) is 0.923. The first-order chi connectivity index (χ1) is 13.4. The Labute approximate surface area is 175 Å². The molecule has 4 N–H and O–H groups in total. The van der Waals surface area contributed by atoms with Crippen molar-refractivity contribution >= 4 is 0 Å². The normalized spacial score (nSPS) is 45.7. The molecule has 0 heterocycles. The van der Waals surface area contributed by atoms with Crippen molar-refractivity contribution in [2.75, 3.05) is 7.05 Å². The maximum absolute atomic E-state index is 5.87. The van der Waals surface area contributed by atoms with Crippen LogP contribution in [0.3, 0.4) is 0 Å². The van der Waals surface area contributed by atoms with Crippen LogP contribution in [0.15, 0.2) is 12.3 Å². The average Bonchev–Trinajstić information content (AvgIpc) is 3.04. The lowest BCUT2D eigenvalue weighted by molar-refractivity contribution is -0.114. The predicted molar refractivity (Wildman–Crippen MR) is 122 cm³/mol. The van der Waals surface area contributed by atoms with Crippen LogP contribution in [-0.4, -0.2) is 7.05 Å². The van der Waals surface area contributed by atoms with Gasteiger partial charge in [-0.05, 0) is 118 Å². The fourth-order valence-corrected chi connectivity index (χ4v) is 8.88. The molecule has 4 aliphatic rings. The van der Waals surface area contributed by atoms with Gasteiger partial charge in [-0.2, -0.15) is 0 Å². The largest absolute Gasteiger partial charge is 0.403 e. The highest BCUT2D eigenvalue weighted by Gasteiger charge is 2.59. The topological polar surface area (TPSA) is 52.0 Å². The molecule has 0 amide bonds. The van der Waals surface area contributed by atoms with Gasteiger partial charge in [-0.15, -0.1) is 0 Å². The zero-order chi connectivity index (χ0) is 20.5. The Hall–Kier alpha value is -0.500.